The Morgan fingerprint density at radius 2 is 2.05 bits per heavy atom. The second-order valence-electron chi connectivity index (χ2n) is 5.50. The molecule has 0 amide bonds. The van der Waals surface area contributed by atoms with Crippen molar-refractivity contribution in [3.63, 3.8) is 0 Å². The summed E-state index contributed by atoms with van der Waals surface area (Å²) < 4.78 is 7.61. The number of aryl methyl sites for hydroxylation is 3. The summed E-state index contributed by atoms with van der Waals surface area (Å²) in [7, 11) is 3.98. The maximum atomic E-state index is 5.66. The Labute approximate surface area is 124 Å². The number of hydrogen-bond acceptors (Lipinski definition) is 3. The fourth-order valence-electron chi connectivity index (χ4n) is 3.00. The zero-order chi connectivity index (χ0) is 15.0. The van der Waals surface area contributed by atoms with Crippen LogP contribution in [0.15, 0.2) is 34.7 Å². The van der Waals surface area contributed by atoms with Crippen LogP contribution in [0.3, 0.4) is 0 Å². The number of hydrogen-bond donors (Lipinski definition) is 1. The van der Waals surface area contributed by atoms with Crippen LogP contribution in [0, 0.1) is 13.8 Å². The molecule has 1 aromatic carbocycles. The number of rotatable bonds is 4. The summed E-state index contributed by atoms with van der Waals surface area (Å²) in [4.78, 5) is 0. The standard InChI is InChI=1S/C17H21N3O/c1-11-9-14(12(2)21-11)15(18-3)10-16-13-7-5-6-8-17(13)20(4)19-16/h5-9,15,18H,10H2,1-4H3. The van der Waals surface area contributed by atoms with Crippen LogP contribution in [0.2, 0.25) is 0 Å². The Morgan fingerprint density at radius 3 is 2.71 bits per heavy atom. The molecule has 1 unspecified atom stereocenters. The first-order chi connectivity index (χ1) is 10.1. The van der Waals surface area contributed by atoms with Gasteiger partial charge in [0.1, 0.15) is 11.5 Å². The summed E-state index contributed by atoms with van der Waals surface area (Å²) in [6, 6.07) is 10.7. The molecule has 0 aliphatic heterocycles. The normalized spacial score (nSPS) is 13.0. The van der Waals surface area contributed by atoms with Crippen LogP contribution in [-0.2, 0) is 13.5 Å². The lowest BCUT2D eigenvalue weighted by molar-refractivity contribution is 0.489. The van der Waals surface area contributed by atoms with Gasteiger partial charge < -0.3 is 9.73 Å². The minimum Gasteiger partial charge on any atom is -0.466 e. The molecule has 3 rings (SSSR count). The average Bonchev–Trinajstić information content (AvgIpc) is 2.97. The van der Waals surface area contributed by atoms with Crippen molar-refractivity contribution in [1.82, 2.24) is 15.1 Å². The number of nitrogens with zero attached hydrogens (tertiary/aromatic N) is 2. The maximum absolute atomic E-state index is 5.66. The molecule has 21 heavy (non-hydrogen) atoms. The molecule has 1 N–H and O–H groups in total. The Kier molecular flexibility index (Phi) is 3.55. The van der Waals surface area contributed by atoms with E-state index in [9.17, 15) is 0 Å². The van der Waals surface area contributed by atoms with Crippen molar-refractivity contribution in [2.75, 3.05) is 7.05 Å². The molecule has 110 valence electrons. The summed E-state index contributed by atoms with van der Waals surface area (Å²) in [6.45, 7) is 4.00. The lowest BCUT2D eigenvalue weighted by Gasteiger charge is -2.14. The van der Waals surface area contributed by atoms with E-state index >= 15 is 0 Å². The van der Waals surface area contributed by atoms with Gasteiger partial charge in [-0.05, 0) is 33.0 Å². The molecule has 0 radical (unpaired) electrons. The fourth-order valence-corrected chi connectivity index (χ4v) is 3.00. The summed E-state index contributed by atoms with van der Waals surface area (Å²) in [6.07, 6.45) is 0.845. The highest BCUT2D eigenvalue weighted by atomic mass is 16.3. The topological polar surface area (TPSA) is 43.0 Å². The third kappa shape index (κ3) is 2.47. The molecule has 0 fully saturated rings. The van der Waals surface area contributed by atoms with Gasteiger partial charge in [0.2, 0.25) is 0 Å². The van der Waals surface area contributed by atoms with Crippen LogP contribution in [0.4, 0.5) is 0 Å². The van der Waals surface area contributed by atoms with Gasteiger partial charge in [0.25, 0.3) is 0 Å². The van der Waals surface area contributed by atoms with E-state index in [0.717, 1.165) is 23.6 Å². The lowest BCUT2D eigenvalue weighted by atomic mass is 10.0. The van der Waals surface area contributed by atoms with Gasteiger partial charge in [-0.1, -0.05) is 18.2 Å². The molecule has 1 atom stereocenters. The molecule has 4 heteroatoms. The molecule has 0 spiro atoms. The van der Waals surface area contributed by atoms with E-state index in [1.807, 2.05) is 38.7 Å². The zero-order valence-electron chi connectivity index (χ0n) is 13.0. The lowest BCUT2D eigenvalue weighted by Crippen LogP contribution is -2.19. The average molecular weight is 283 g/mol. The van der Waals surface area contributed by atoms with Crippen LogP contribution in [0.1, 0.15) is 28.8 Å². The van der Waals surface area contributed by atoms with Crippen LogP contribution in [0.25, 0.3) is 10.9 Å². The van der Waals surface area contributed by atoms with E-state index < -0.39 is 0 Å². The second kappa shape index (κ2) is 5.37. The number of benzene rings is 1. The van der Waals surface area contributed by atoms with E-state index in [1.165, 1.54) is 16.5 Å². The van der Waals surface area contributed by atoms with Gasteiger partial charge >= 0.3 is 0 Å². The van der Waals surface area contributed by atoms with Crippen molar-refractivity contribution in [2.45, 2.75) is 26.3 Å². The number of nitrogens with one attached hydrogen (secondary N) is 1. The molecule has 2 aromatic heterocycles. The Morgan fingerprint density at radius 1 is 1.29 bits per heavy atom. The monoisotopic (exact) mass is 283 g/mol. The van der Waals surface area contributed by atoms with Crippen molar-refractivity contribution < 1.29 is 4.42 Å². The summed E-state index contributed by atoms with van der Waals surface area (Å²) in [5.74, 6) is 1.93. The van der Waals surface area contributed by atoms with Crippen molar-refractivity contribution >= 4 is 10.9 Å². The highest BCUT2D eigenvalue weighted by molar-refractivity contribution is 5.81. The molecule has 0 bridgehead atoms. The Hall–Kier alpha value is -2.07. The van der Waals surface area contributed by atoms with Crippen molar-refractivity contribution in [3.8, 4) is 0 Å². The van der Waals surface area contributed by atoms with Crippen LogP contribution in [0.5, 0.6) is 0 Å². The number of para-hydroxylation sites is 1. The van der Waals surface area contributed by atoms with E-state index in [-0.39, 0.29) is 6.04 Å². The van der Waals surface area contributed by atoms with E-state index in [1.54, 1.807) is 0 Å². The second-order valence-corrected chi connectivity index (χ2v) is 5.50. The first-order valence-corrected chi connectivity index (χ1v) is 7.25. The van der Waals surface area contributed by atoms with Crippen LogP contribution >= 0.6 is 0 Å². The van der Waals surface area contributed by atoms with Gasteiger partial charge in [-0.25, -0.2) is 0 Å². The van der Waals surface area contributed by atoms with Gasteiger partial charge in [-0.2, -0.15) is 5.10 Å². The van der Waals surface area contributed by atoms with Crippen molar-refractivity contribution in [1.29, 1.82) is 0 Å². The van der Waals surface area contributed by atoms with Gasteiger partial charge in [0, 0.05) is 30.5 Å². The first-order valence-electron chi connectivity index (χ1n) is 7.25. The van der Waals surface area contributed by atoms with Gasteiger partial charge in [-0.15, -0.1) is 0 Å². The largest absolute Gasteiger partial charge is 0.466 e. The molecule has 0 saturated heterocycles. The molecule has 2 heterocycles. The van der Waals surface area contributed by atoms with E-state index in [0.29, 0.717) is 0 Å². The van der Waals surface area contributed by atoms with Crippen LogP contribution < -0.4 is 5.32 Å². The van der Waals surface area contributed by atoms with Crippen molar-refractivity contribution in [2.24, 2.45) is 7.05 Å². The Balaban J connectivity index is 1.98. The zero-order valence-corrected chi connectivity index (χ0v) is 13.0. The van der Waals surface area contributed by atoms with Gasteiger partial charge in [0.05, 0.1) is 11.2 Å². The minimum atomic E-state index is 0.209. The number of aromatic nitrogens is 2. The molecule has 3 aromatic rings. The highest BCUT2D eigenvalue weighted by Crippen LogP contribution is 2.27. The first kappa shape index (κ1) is 13.9. The number of likely N-dealkylation sites (N-methyl/N-ethyl adjacent to an activating group) is 1. The predicted octanol–water partition coefficient (Wildman–Crippen LogP) is 3.29. The van der Waals surface area contributed by atoms with E-state index in [2.05, 4.69) is 34.7 Å². The maximum Gasteiger partial charge on any atom is 0.105 e. The summed E-state index contributed by atoms with van der Waals surface area (Å²) in [5, 5.41) is 9.29. The van der Waals surface area contributed by atoms with Gasteiger partial charge in [0.15, 0.2) is 0 Å². The third-order valence-electron chi connectivity index (χ3n) is 4.04. The quantitative estimate of drug-likeness (QED) is 0.799. The highest BCUT2D eigenvalue weighted by Gasteiger charge is 2.19. The third-order valence-corrected chi connectivity index (χ3v) is 4.04. The minimum absolute atomic E-state index is 0.209. The molecular formula is C17H21N3O. The Bertz CT molecular complexity index is 770. The smallest absolute Gasteiger partial charge is 0.105 e. The summed E-state index contributed by atoms with van der Waals surface area (Å²) >= 11 is 0. The molecular weight excluding hydrogens is 262 g/mol. The predicted molar refractivity (Wildman–Crippen MR) is 84.4 cm³/mol. The van der Waals surface area contributed by atoms with Gasteiger partial charge in [-0.3, -0.25) is 4.68 Å². The van der Waals surface area contributed by atoms with Crippen LogP contribution in [-0.4, -0.2) is 16.8 Å². The summed E-state index contributed by atoms with van der Waals surface area (Å²) in [5.41, 5.74) is 3.50. The number of furan rings is 1. The molecule has 0 aliphatic carbocycles. The van der Waals surface area contributed by atoms with E-state index in [4.69, 9.17) is 4.42 Å². The fraction of sp³-hybridized carbons (Fsp3) is 0.353. The SMILES string of the molecule is CNC(Cc1nn(C)c2ccccc12)c1cc(C)oc1C. The van der Waals surface area contributed by atoms with Crippen molar-refractivity contribution in [3.05, 3.63) is 53.1 Å². The molecule has 0 saturated carbocycles. The molecule has 4 nitrogen and oxygen atoms in total. The molecule has 0 aliphatic rings. The number of fused-ring (bicyclic) bond motifs is 1.